The molecule has 0 fully saturated rings. The maximum Gasteiger partial charge on any atom is 0.439 e. The van der Waals surface area contributed by atoms with Crippen molar-refractivity contribution in [2.45, 2.75) is 0 Å². The maximum absolute atomic E-state index is 10.7. The monoisotopic (exact) mass is 199 g/mol. The number of rotatable bonds is 3. The van der Waals surface area contributed by atoms with Gasteiger partial charge >= 0.3 is 10.3 Å². The highest BCUT2D eigenvalue weighted by atomic mass is 32.2. The van der Waals surface area contributed by atoms with E-state index in [0.29, 0.717) is 0 Å². The van der Waals surface area contributed by atoms with Crippen LogP contribution in [0.1, 0.15) is 0 Å². The molecule has 0 atom stereocenters. The number of nitrogens with zero attached hydrogens (tertiary/aromatic N) is 1. The number of isocyanates is 1. The van der Waals surface area contributed by atoms with E-state index < -0.39 is 10.3 Å². The van der Waals surface area contributed by atoms with Crippen LogP contribution >= 0.6 is 0 Å². The van der Waals surface area contributed by atoms with E-state index in [0.717, 1.165) is 6.08 Å². The zero-order valence-corrected chi connectivity index (χ0v) is 7.19. The molecule has 0 bridgehead atoms. The number of para-hydroxylation sites is 1. The lowest BCUT2D eigenvalue weighted by atomic mass is 10.3. The molecule has 0 N–H and O–H groups in total. The summed E-state index contributed by atoms with van der Waals surface area (Å²) < 4.78 is 28.4. The van der Waals surface area contributed by atoms with Gasteiger partial charge < -0.3 is 4.18 Å². The Labute approximate surface area is 74.9 Å². The van der Waals surface area contributed by atoms with E-state index >= 15 is 0 Å². The molecule has 0 saturated carbocycles. The topological polar surface area (TPSA) is 72.8 Å². The van der Waals surface area contributed by atoms with Gasteiger partial charge in [-0.05, 0) is 16.5 Å². The summed E-state index contributed by atoms with van der Waals surface area (Å²) >= 11 is 0. The second kappa shape index (κ2) is 3.84. The molecule has 1 aromatic rings. The average molecular weight is 199 g/mol. The van der Waals surface area contributed by atoms with Crippen LogP contribution in [0.25, 0.3) is 0 Å². The Morgan fingerprint density at radius 2 is 1.85 bits per heavy atom. The van der Waals surface area contributed by atoms with Gasteiger partial charge in [-0.15, -0.1) is 0 Å². The van der Waals surface area contributed by atoms with Crippen molar-refractivity contribution < 1.29 is 17.4 Å². The van der Waals surface area contributed by atoms with E-state index in [1.807, 2.05) is 0 Å². The Morgan fingerprint density at radius 1 is 1.23 bits per heavy atom. The molecule has 0 aliphatic rings. The predicted molar refractivity (Wildman–Crippen MR) is 44.1 cm³/mol. The minimum Gasteiger partial charge on any atom is -0.365 e. The first-order valence-corrected chi connectivity index (χ1v) is 4.59. The highest BCUT2D eigenvalue weighted by Crippen LogP contribution is 2.11. The minimum atomic E-state index is -4.18. The van der Waals surface area contributed by atoms with Gasteiger partial charge in [0, 0.05) is 0 Å². The highest BCUT2D eigenvalue weighted by molar-refractivity contribution is 7.85. The summed E-state index contributed by atoms with van der Waals surface area (Å²) in [5.41, 5.74) is 0. The molecule has 1 rings (SSSR count). The molecule has 0 aliphatic carbocycles. The fourth-order valence-electron chi connectivity index (χ4n) is 0.662. The van der Waals surface area contributed by atoms with Crippen LogP contribution in [0.15, 0.2) is 34.7 Å². The molecule has 0 amide bonds. The molecule has 13 heavy (non-hydrogen) atoms. The molecule has 1 aromatic carbocycles. The summed E-state index contributed by atoms with van der Waals surface area (Å²) in [6, 6.07) is 7.74. The first-order valence-electron chi connectivity index (χ1n) is 3.23. The van der Waals surface area contributed by atoms with Gasteiger partial charge in [-0.1, -0.05) is 18.2 Å². The SMILES string of the molecule is O=C=NS(=O)(=O)Oc1ccccc1. The van der Waals surface area contributed by atoms with Crippen LogP contribution in [0.3, 0.4) is 0 Å². The third kappa shape index (κ3) is 3.06. The third-order valence-corrected chi connectivity index (χ3v) is 1.80. The van der Waals surface area contributed by atoms with E-state index in [1.165, 1.54) is 12.1 Å². The van der Waals surface area contributed by atoms with Gasteiger partial charge in [-0.2, -0.15) is 8.42 Å². The summed E-state index contributed by atoms with van der Waals surface area (Å²) in [5, 5.41) is 0. The van der Waals surface area contributed by atoms with E-state index in [1.54, 1.807) is 18.2 Å². The summed E-state index contributed by atoms with van der Waals surface area (Å²) in [4.78, 5) is 9.66. The van der Waals surface area contributed by atoms with Crippen molar-refractivity contribution in [2.24, 2.45) is 4.40 Å². The number of carbonyl (C=O) groups excluding carboxylic acids is 1. The zero-order valence-electron chi connectivity index (χ0n) is 6.38. The van der Waals surface area contributed by atoms with Crippen LogP contribution in [-0.4, -0.2) is 14.5 Å². The van der Waals surface area contributed by atoms with Gasteiger partial charge in [0.2, 0.25) is 0 Å². The summed E-state index contributed by atoms with van der Waals surface area (Å²) in [6.07, 6.45) is 0.890. The van der Waals surface area contributed by atoms with Crippen LogP contribution in [-0.2, 0) is 15.1 Å². The van der Waals surface area contributed by atoms with Crippen molar-refractivity contribution in [1.29, 1.82) is 0 Å². The molecule has 6 heteroatoms. The molecular weight excluding hydrogens is 194 g/mol. The van der Waals surface area contributed by atoms with Gasteiger partial charge in [-0.3, -0.25) is 0 Å². The minimum absolute atomic E-state index is 0.0986. The standard InChI is InChI=1S/C7H5NO4S/c9-6-8-13(10,11)12-7-4-2-1-3-5-7/h1-5H. The van der Waals surface area contributed by atoms with Gasteiger partial charge in [0.25, 0.3) is 6.08 Å². The Morgan fingerprint density at radius 3 is 2.38 bits per heavy atom. The van der Waals surface area contributed by atoms with E-state index in [9.17, 15) is 13.2 Å². The average Bonchev–Trinajstić information content (AvgIpc) is 2.04. The lowest BCUT2D eigenvalue weighted by Gasteiger charge is -1.98. The Balaban J connectivity index is 2.88. The molecule has 0 radical (unpaired) electrons. The van der Waals surface area contributed by atoms with Crippen molar-refractivity contribution in [2.75, 3.05) is 0 Å². The molecule has 0 aromatic heterocycles. The molecule has 68 valence electrons. The Hall–Kier alpha value is -1.65. The number of hydrogen-bond acceptors (Lipinski definition) is 4. The number of benzene rings is 1. The van der Waals surface area contributed by atoms with Crippen LogP contribution in [0.4, 0.5) is 0 Å². The van der Waals surface area contributed by atoms with Crippen molar-refractivity contribution >= 4 is 16.4 Å². The smallest absolute Gasteiger partial charge is 0.365 e. The second-order valence-corrected chi connectivity index (χ2v) is 3.21. The van der Waals surface area contributed by atoms with Gasteiger partial charge in [0.1, 0.15) is 5.75 Å². The normalized spacial score (nSPS) is 10.2. The summed E-state index contributed by atoms with van der Waals surface area (Å²) in [6.45, 7) is 0. The van der Waals surface area contributed by atoms with Crippen molar-refractivity contribution in [3.05, 3.63) is 30.3 Å². The van der Waals surface area contributed by atoms with Crippen LogP contribution in [0, 0.1) is 0 Å². The summed E-state index contributed by atoms with van der Waals surface area (Å²) in [5.74, 6) is 0.0986. The number of hydrogen-bond donors (Lipinski definition) is 0. The first kappa shape index (κ1) is 9.44. The molecule has 0 unspecified atom stereocenters. The van der Waals surface area contributed by atoms with E-state index in [2.05, 4.69) is 8.58 Å². The second-order valence-electron chi connectivity index (χ2n) is 2.01. The quantitative estimate of drug-likeness (QED) is 0.529. The lowest BCUT2D eigenvalue weighted by Crippen LogP contribution is -2.04. The summed E-state index contributed by atoms with van der Waals surface area (Å²) in [7, 11) is -4.18. The van der Waals surface area contributed by atoms with Gasteiger partial charge in [0.15, 0.2) is 0 Å². The fourth-order valence-corrected chi connectivity index (χ4v) is 1.14. The largest absolute Gasteiger partial charge is 0.439 e. The van der Waals surface area contributed by atoms with Gasteiger partial charge in [-0.25, -0.2) is 4.79 Å². The molecule has 0 spiro atoms. The van der Waals surface area contributed by atoms with Crippen LogP contribution < -0.4 is 4.18 Å². The molecular formula is C7H5NO4S. The molecule has 0 aliphatic heterocycles. The van der Waals surface area contributed by atoms with E-state index in [4.69, 9.17) is 0 Å². The van der Waals surface area contributed by atoms with Crippen LogP contribution in [0.2, 0.25) is 0 Å². The van der Waals surface area contributed by atoms with Crippen LogP contribution in [0.5, 0.6) is 5.75 Å². The first-order chi connectivity index (χ1) is 6.14. The molecule has 0 heterocycles. The highest BCUT2D eigenvalue weighted by Gasteiger charge is 2.08. The Kier molecular flexibility index (Phi) is 2.79. The lowest BCUT2D eigenvalue weighted by molar-refractivity contribution is 0.487. The van der Waals surface area contributed by atoms with Crippen molar-refractivity contribution in [1.82, 2.24) is 0 Å². The maximum atomic E-state index is 10.7. The van der Waals surface area contributed by atoms with E-state index in [-0.39, 0.29) is 5.75 Å². The fraction of sp³-hybridized carbons (Fsp3) is 0. The zero-order chi connectivity index (χ0) is 9.73. The van der Waals surface area contributed by atoms with Crippen molar-refractivity contribution in [3.63, 3.8) is 0 Å². The third-order valence-electron chi connectivity index (χ3n) is 1.09. The van der Waals surface area contributed by atoms with Gasteiger partial charge in [0.05, 0.1) is 0 Å². The predicted octanol–water partition coefficient (Wildman–Crippen LogP) is 0.646. The Bertz CT molecular complexity index is 419. The molecule has 5 nitrogen and oxygen atoms in total. The van der Waals surface area contributed by atoms with Crippen molar-refractivity contribution in [3.8, 4) is 5.75 Å². The molecule has 0 saturated heterocycles.